The van der Waals surface area contributed by atoms with E-state index in [2.05, 4.69) is 27.4 Å². The Morgan fingerprint density at radius 2 is 1.84 bits per heavy atom. The van der Waals surface area contributed by atoms with Crippen molar-refractivity contribution < 1.29 is 0 Å². The SMILES string of the molecule is CCCN1CCC(CNC(=NC)NCC2CC2)C1.I. The molecule has 0 aromatic carbocycles. The molecule has 1 saturated heterocycles. The van der Waals surface area contributed by atoms with Crippen LogP contribution in [0.5, 0.6) is 0 Å². The van der Waals surface area contributed by atoms with E-state index < -0.39 is 0 Å². The largest absolute Gasteiger partial charge is 0.356 e. The summed E-state index contributed by atoms with van der Waals surface area (Å²) in [6.07, 6.45) is 5.37. The second kappa shape index (κ2) is 9.00. The molecule has 1 aliphatic carbocycles. The molecule has 0 amide bonds. The van der Waals surface area contributed by atoms with Crippen molar-refractivity contribution in [2.45, 2.75) is 32.6 Å². The van der Waals surface area contributed by atoms with Gasteiger partial charge in [0.2, 0.25) is 0 Å². The van der Waals surface area contributed by atoms with Gasteiger partial charge in [0.25, 0.3) is 0 Å². The normalized spacial score (nSPS) is 24.1. The maximum absolute atomic E-state index is 4.28. The highest BCUT2D eigenvalue weighted by atomic mass is 127. The standard InChI is InChI=1S/C14H28N4.HI/c1-3-7-18-8-6-13(11-18)10-17-14(15-2)16-9-12-4-5-12;/h12-13H,3-11H2,1-2H3,(H2,15,16,17);1H. The predicted octanol–water partition coefficient (Wildman–Crippen LogP) is 1.91. The second-order valence-corrected chi connectivity index (χ2v) is 5.73. The van der Waals surface area contributed by atoms with Crippen LogP contribution in [0.15, 0.2) is 4.99 Å². The van der Waals surface area contributed by atoms with Crippen LogP contribution in [0, 0.1) is 11.8 Å². The topological polar surface area (TPSA) is 39.7 Å². The van der Waals surface area contributed by atoms with Crippen LogP contribution in [0.2, 0.25) is 0 Å². The molecule has 1 heterocycles. The summed E-state index contributed by atoms with van der Waals surface area (Å²) in [5.41, 5.74) is 0. The molecule has 0 aromatic heterocycles. The van der Waals surface area contributed by atoms with Gasteiger partial charge in [-0.15, -0.1) is 24.0 Å². The number of hydrogen-bond acceptors (Lipinski definition) is 2. The van der Waals surface area contributed by atoms with Gasteiger partial charge in [-0.3, -0.25) is 4.99 Å². The Morgan fingerprint density at radius 1 is 1.16 bits per heavy atom. The van der Waals surface area contributed by atoms with Gasteiger partial charge in [0.15, 0.2) is 5.96 Å². The Bertz CT molecular complexity index is 279. The lowest BCUT2D eigenvalue weighted by atomic mass is 10.1. The predicted molar refractivity (Wildman–Crippen MR) is 92.3 cm³/mol. The minimum Gasteiger partial charge on any atom is -0.356 e. The molecule has 1 saturated carbocycles. The highest BCUT2D eigenvalue weighted by Gasteiger charge is 2.23. The molecule has 4 nitrogen and oxygen atoms in total. The van der Waals surface area contributed by atoms with Crippen molar-refractivity contribution >= 4 is 29.9 Å². The number of likely N-dealkylation sites (tertiary alicyclic amines) is 1. The summed E-state index contributed by atoms with van der Waals surface area (Å²) in [4.78, 5) is 6.86. The number of nitrogens with one attached hydrogen (secondary N) is 2. The highest BCUT2D eigenvalue weighted by Crippen LogP contribution is 2.27. The average Bonchev–Trinajstić information content (AvgIpc) is 3.10. The lowest BCUT2D eigenvalue weighted by Gasteiger charge is -2.16. The average molecular weight is 380 g/mol. The Hall–Kier alpha value is -0.0400. The maximum Gasteiger partial charge on any atom is 0.190 e. The van der Waals surface area contributed by atoms with E-state index >= 15 is 0 Å². The zero-order chi connectivity index (χ0) is 12.8. The van der Waals surface area contributed by atoms with Crippen LogP contribution >= 0.6 is 24.0 Å². The van der Waals surface area contributed by atoms with E-state index in [1.54, 1.807) is 0 Å². The Balaban J connectivity index is 0.00000180. The molecule has 1 atom stereocenters. The van der Waals surface area contributed by atoms with E-state index in [-0.39, 0.29) is 24.0 Å². The fourth-order valence-electron chi connectivity index (χ4n) is 2.62. The van der Waals surface area contributed by atoms with Gasteiger partial charge < -0.3 is 15.5 Å². The fraction of sp³-hybridized carbons (Fsp3) is 0.929. The monoisotopic (exact) mass is 380 g/mol. The van der Waals surface area contributed by atoms with Crippen molar-refractivity contribution in [3.05, 3.63) is 0 Å². The van der Waals surface area contributed by atoms with E-state index in [4.69, 9.17) is 0 Å². The lowest BCUT2D eigenvalue weighted by molar-refractivity contribution is 0.324. The summed E-state index contributed by atoms with van der Waals surface area (Å²) in [6, 6.07) is 0. The zero-order valence-electron chi connectivity index (χ0n) is 12.3. The molecule has 2 rings (SSSR count). The zero-order valence-corrected chi connectivity index (χ0v) is 14.7. The summed E-state index contributed by atoms with van der Waals surface area (Å²) in [5.74, 6) is 2.67. The summed E-state index contributed by atoms with van der Waals surface area (Å²) in [7, 11) is 1.86. The van der Waals surface area contributed by atoms with Crippen molar-refractivity contribution in [2.75, 3.05) is 39.8 Å². The van der Waals surface area contributed by atoms with E-state index in [0.29, 0.717) is 0 Å². The molecule has 0 radical (unpaired) electrons. The van der Waals surface area contributed by atoms with Gasteiger partial charge in [-0.2, -0.15) is 0 Å². The Kier molecular flexibility index (Phi) is 8.06. The summed E-state index contributed by atoms with van der Waals surface area (Å²) in [6.45, 7) is 8.19. The van der Waals surface area contributed by atoms with Gasteiger partial charge >= 0.3 is 0 Å². The van der Waals surface area contributed by atoms with Crippen LogP contribution in [-0.4, -0.2) is 50.6 Å². The first-order valence-corrected chi connectivity index (χ1v) is 7.48. The van der Waals surface area contributed by atoms with Crippen LogP contribution in [-0.2, 0) is 0 Å². The third-order valence-corrected chi connectivity index (χ3v) is 3.95. The van der Waals surface area contributed by atoms with E-state index in [9.17, 15) is 0 Å². The minimum absolute atomic E-state index is 0. The smallest absolute Gasteiger partial charge is 0.190 e. The number of guanidine groups is 1. The van der Waals surface area contributed by atoms with Crippen LogP contribution in [0.1, 0.15) is 32.6 Å². The summed E-state index contributed by atoms with van der Waals surface area (Å²) >= 11 is 0. The van der Waals surface area contributed by atoms with Crippen molar-refractivity contribution in [2.24, 2.45) is 16.8 Å². The molecule has 112 valence electrons. The molecule has 0 spiro atoms. The van der Waals surface area contributed by atoms with Crippen LogP contribution < -0.4 is 10.6 Å². The van der Waals surface area contributed by atoms with Gasteiger partial charge in [0.1, 0.15) is 0 Å². The first-order valence-electron chi connectivity index (χ1n) is 7.48. The molecule has 19 heavy (non-hydrogen) atoms. The first kappa shape index (κ1) is 17.0. The molecule has 0 aromatic rings. The molecular weight excluding hydrogens is 351 g/mol. The van der Waals surface area contributed by atoms with Crippen LogP contribution in [0.4, 0.5) is 0 Å². The van der Waals surface area contributed by atoms with Gasteiger partial charge in [0.05, 0.1) is 0 Å². The van der Waals surface area contributed by atoms with Gasteiger partial charge in [0, 0.05) is 26.7 Å². The molecule has 5 heteroatoms. The van der Waals surface area contributed by atoms with Crippen molar-refractivity contribution in [3.63, 3.8) is 0 Å². The Morgan fingerprint density at radius 3 is 2.42 bits per heavy atom. The molecule has 2 aliphatic rings. The second-order valence-electron chi connectivity index (χ2n) is 5.73. The van der Waals surface area contributed by atoms with Crippen molar-refractivity contribution in [1.29, 1.82) is 0 Å². The number of aliphatic imine (C=N–C) groups is 1. The highest BCUT2D eigenvalue weighted by molar-refractivity contribution is 14.0. The van der Waals surface area contributed by atoms with E-state index in [0.717, 1.165) is 30.9 Å². The fourth-order valence-corrected chi connectivity index (χ4v) is 2.62. The first-order chi connectivity index (χ1) is 8.81. The molecule has 2 fully saturated rings. The van der Waals surface area contributed by atoms with Gasteiger partial charge in [-0.1, -0.05) is 6.92 Å². The van der Waals surface area contributed by atoms with E-state index in [1.807, 2.05) is 7.05 Å². The number of halogens is 1. The molecule has 1 unspecified atom stereocenters. The van der Waals surface area contributed by atoms with Crippen LogP contribution in [0.25, 0.3) is 0 Å². The summed E-state index contributed by atoms with van der Waals surface area (Å²) in [5, 5.41) is 6.89. The van der Waals surface area contributed by atoms with Crippen LogP contribution in [0.3, 0.4) is 0 Å². The number of nitrogens with zero attached hydrogens (tertiary/aromatic N) is 2. The quantitative estimate of drug-likeness (QED) is 0.420. The molecular formula is C14H29IN4. The van der Waals surface area contributed by atoms with E-state index in [1.165, 1.54) is 45.3 Å². The molecule has 0 bridgehead atoms. The van der Waals surface area contributed by atoms with Gasteiger partial charge in [-0.25, -0.2) is 0 Å². The maximum atomic E-state index is 4.28. The Labute approximate surface area is 134 Å². The van der Waals surface area contributed by atoms with Crippen molar-refractivity contribution in [3.8, 4) is 0 Å². The number of hydrogen-bond donors (Lipinski definition) is 2. The number of rotatable bonds is 6. The summed E-state index contributed by atoms with van der Waals surface area (Å²) < 4.78 is 0. The minimum atomic E-state index is 0. The van der Waals surface area contributed by atoms with Gasteiger partial charge in [-0.05, 0) is 50.6 Å². The van der Waals surface area contributed by atoms with Crippen molar-refractivity contribution in [1.82, 2.24) is 15.5 Å². The molecule has 2 N–H and O–H groups in total. The lowest BCUT2D eigenvalue weighted by Crippen LogP contribution is -2.41. The third-order valence-electron chi connectivity index (χ3n) is 3.95. The third kappa shape index (κ3) is 6.29. The molecule has 1 aliphatic heterocycles.